The first kappa shape index (κ1) is 15.1. The van der Waals surface area contributed by atoms with E-state index in [1.165, 1.54) is 17.4 Å². The first-order valence-corrected chi connectivity index (χ1v) is 8.74. The normalized spacial score (nSPS) is 14.3. The zero-order valence-electron chi connectivity index (χ0n) is 13.0. The number of anilines is 1. The van der Waals surface area contributed by atoms with Crippen LogP contribution in [0.15, 0.2) is 42.5 Å². The minimum absolute atomic E-state index is 0.0728. The first-order valence-electron chi connectivity index (χ1n) is 7.92. The van der Waals surface area contributed by atoms with Crippen LogP contribution in [-0.2, 0) is 0 Å². The smallest absolute Gasteiger partial charge is 0.321 e. The Bertz CT molecular complexity index is 902. The van der Waals surface area contributed by atoms with E-state index in [2.05, 4.69) is 10.3 Å². The molecule has 4 rings (SSSR count). The van der Waals surface area contributed by atoms with E-state index < -0.39 is 0 Å². The van der Waals surface area contributed by atoms with Gasteiger partial charge in [-0.3, -0.25) is 0 Å². The van der Waals surface area contributed by atoms with Gasteiger partial charge in [0, 0.05) is 24.3 Å². The topological polar surface area (TPSA) is 45.2 Å². The SMILES string of the molecule is O=C(Nc1ccc2sc(-c3ccccc3F)nc2c1)N1CCCC1. The number of fused-ring (bicyclic) bond motifs is 1. The number of carbonyl (C=O) groups is 1. The average molecular weight is 341 g/mol. The van der Waals surface area contributed by atoms with Gasteiger partial charge >= 0.3 is 6.03 Å². The highest BCUT2D eigenvalue weighted by molar-refractivity contribution is 7.21. The van der Waals surface area contributed by atoms with Crippen LogP contribution in [0.3, 0.4) is 0 Å². The molecule has 2 aromatic carbocycles. The third-order valence-electron chi connectivity index (χ3n) is 4.14. The molecule has 6 heteroatoms. The van der Waals surface area contributed by atoms with Crippen LogP contribution in [0.4, 0.5) is 14.9 Å². The summed E-state index contributed by atoms with van der Waals surface area (Å²) < 4.78 is 14.9. The summed E-state index contributed by atoms with van der Waals surface area (Å²) in [5, 5.41) is 3.56. The van der Waals surface area contributed by atoms with Crippen molar-refractivity contribution in [3.05, 3.63) is 48.3 Å². The lowest BCUT2D eigenvalue weighted by atomic mass is 10.2. The molecule has 0 atom stereocenters. The van der Waals surface area contributed by atoms with E-state index in [0.717, 1.165) is 36.1 Å². The van der Waals surface area contributed by atoms with Crippen LogP contribution in [0.5, 0.6) is 0 Å². The van der Waals surface area contributed by atoms with Crippen molar-refractivity contribution in [1.82, 2.24) is 9.88 Å². The molecule has 0 aliphatic carbocycles. The van der Waals surface area contributed by atoms with Crippen LogP contribution in [0.2, 0.25) is 0 Å². The fraction of sp³-hybridized carbons (Fsp3) is 0.222. The maximum absolute atomic E-state index is 13.9. The van der Waals surface area contributed by atoms with E-state index in [-0.39, 0.29) is 11.8 Å². The van der Waals surface area contributed by atoms with E-state index in [0.29, 0.717) is 16.3 Å². The van der Waals surface area contributed by atoms with Gasteiger partial charge in [-0.2, -0.15) is 0 Å². The highest BCUT2D eigenvalue weighted by Crippen LogP contribution is 2.32. The number of amides is 2. The maximum atomic E-state index is 13.9. The molecule has 1 fully saturated rings. The molecule has 2 heterocycles. The molecule has 1 aliphatic rings. The molecule has 122 valence electrons. The summed E-state index contributed by atoms with van der Waals surface area (Å²) in [6.45, 7) is 1.62. The monoisotopic (exact) mass is 341 g/mol. The highest BCUT2D eigenvalue weighted by Gasteiger charge is 2.18. The highest BCUT2D eigenvalue weighted by atomic mass is 32.1. The average Bonchev–Trinajstić information content (AvgIpc) is 3.24. The zero-order chi connectivity index (χ0) is 16.5. The van der Waals surface area contributed by atoms with Crippen molar-refractivity contribution in [2.75, 3.05) is 18.4 Å². The lowest BCUT2D eigenvalue weighted by Gasteiger charge is -2.16. The van der Waals surface area contributed by atoms with Crippen molar-refractivity contribution in [2.45, 2.75) is 12.8 Å². The number of nitrogens with zero attached hydrogens (tertiary/aromatic N) is 2. The number of carbonyl (C=O) groups excluding carboxylic acids is 1. The summed E-state index contributed by atoms with van der Waals surface area (Å²) in [6, 6.07) is 12.2. The largest absolute Gasteiger partial charge is 0.325 e. The first-order chi connectivity index (χ1) is 11.7. The van der Waals surface area contributed by atoms with Gasteiger partial charge < -0.3 is 10.2 Å². The molecule has 0 saturated carbocycles. The second-order valence-electron chi connectivity index (χ2n) is 5.81. The minimum atomic E-state index is -0.279. The summed E-state index contributed by atoms with van der Waals surface area (Å²) in [5.74, 6) is -0.279. The number of urea groups is 1. The van der Waals surface area contributed by atoms with E-state index in [9.17, 15) is 9.18 Å². The number of thiazole rings is 1. The van der Waals surface area contributed by atoms with Crippen molar-refractivity contribution < 1.29 is 9.18 Å². The van der Waals surface area contributed by atoms with E-state index in [1.807, 2.05) is 23.1 Å². The second kappa shape index (κ2) is 6.20. The Kier molecular flexibility index (Phi) is 3.90. The molecular weight excluding hydrogens is 325 g/mol. The molecule has 2 amide bonds. The number of halogens is 1. The second-order valence-corrected chi connectivity index (χ2v) is 6.84. The third-order valence-corrected chi connectivity index (χ3v) is 5.21. The molecule has 4 nitrogen and oxygen atoms in total. The van der Waals surface area contributed by atoms with Gasteiger partial charge in [0.2, 0.25) is 0 Å². The Labute approximate surface area is 142 Å². The molecule has 3 aromatic rings. The van der Waals surface area contributed by atoms with E-state index >= 15 is 0 Å². The fourth-order valence-corrected chi connectivity index (χ4v) is 3.85. The van der Waals surface area contributed by atoms with Crippen molar-refractivity contribution in [3.63, 3.8) is 0 Å². The molecule has 0 radical (unpaired) electrons. The Morgan fingerprint density at radius 3 is 2.75 bits per heavy atom. The third kappa shape index (κ3) is 2.85. The van der Waals surface area contributed by atoms with Crippen LogP contribution in [0, 0.1) is 5.82 Å². The van der Waals surface area contributed by atoms with Crippen LogP contribution in [0.25, 0.3) is 20.8 Å². The summed E-state index contributed by atoms with van der Waals surface area (Å²) in [4.78, 5) is 18.5. The van der Waals surface area contributed by atoms with Crippen LogP contribution in [-0.4, -0.2) is 29.0 Å². The molecule has 1 aliphatic heterocycles. The van der Waals surface area contributed by atoms with Crippen molar-refractivity contribution in [1.29, 1.82) is 0 Å². The zero-order valence-corrected chi connectivity index (χ0v) is 13.8. The Morgan fingerprint density at radius 1 is 1.17 bits per heavy atom. The van der Waals surface area contributed by atoms with Crippen molar-refractivity contribution in [2.24, 2.45) is 0 Å². The number of hydrogen-bond donors (Lipinski definition) is 1. The minimum Gasteiger partial charge on any atom is -0.325 e. The lowest BCUT2D eigenvalue weighted by Crippen LogP contribution is -2.32. The van der Waals surface area contributed by atoms with Crippen LogP contribution in [0.1, 0.15) is 12.8 Å². The Hall–Kier alpha value is -2.47. The summed E-state index contributed by atoms with van der Waals surface area (Å²) in [6.07, 6.45) is 2.12. The quantitative estimate of drug-likeness (QED) is 0.732. The van der Waals surface area contributed by atoms with Gasteiger partial charge in [0.25, 0.3) is 0 Å². The van der Waals surface area contributed by atoms with Crippen LogP contribution < -0.4 is 5.32 Å². The van der Waals surface area contributed by atoms with Crippen molar-refractivity contribution >= 4 is 33.3 Å². The summed E-state index contributed by atoms with van der Waals surface area (Å²) in [5.41, 5.74) is 1.98. The predicted octanol–water partition coefficient (Wildman–Crippen LogP) is 4.73. The van der Waals surface area contributed by atoms with Gasteiger partial charge in [-0.1, -0.05) is 12.1 Å². The number of hydrogen-bond acceptors (Lipinski definition) is 3. The summed E-state index contributed by atoms with van der Waals surface area (Å²) >= 11 is 1.44. The van der Waals surface area contributed by atoms with E-state index in [1.54, 1.807) is 18.2 Å². The molecule has 0 spiro atoms. The Morgan fingerprint density at radius 2 is 1.96 bits per heavy atom. The molecule has 1 N–H and O–H groups in total. The van der Waals surface area contributed by atoms with Crippen LogP contribution >= 0.6 is 11.3 Å². The number of benzene rings is 2. The van der Waals surface area contributed by atoms with Gasteiger partial charge in [0.05, 0.1) is 10.2 Å². The molecule has 24 heavy (non-hydrogen) atoms. The fourth-order valence-electron chi connectivity index (χ4n) is 2.88. The molecule has 0 bridgehead atoms. The number of rotatable bonds is 2. The van der Waals surface area contributed by atoms with Gasteiger partial charge in [-0.15, -0.1) is 11.3 Å². The molecule has 0 unspecified atom stereocenters. The molecule has 1 aromatic heterocycles. The van der Waals surface area contributed by atoms with Gasteiger partial charge in [0.15, 0.2) is 0 Å². The number of aromatic nitrogens is 1. The number of likely N-dealkylation sites (tertiary alicyclic amines) is 1. The van der Waals surface area contributed by atoms with Gasteiger partial charge in [-0.05, 0) is 43.2 Å². The number of nitrogens with one attached hydrogen (secondary N) is 1. The molecular formula is C18H16FN3OS. The van der Waals surface area contributed by atoms with E-state index in [4.69, 9.17) is 0 Å². The standard InChI is InChI=1S/C18H16FN3OS/c19-14-6-2-1-5-13(14)17-21-15-11-12(7-8-16(15)24-17)20-18(23)22-9-3-4-10-22/h1-2,5-8,11H,3-4,9-10H2,(H,20,23). The predicted molar refractivity (Wildman–Crippen MR) is 94.8 cm³/mol. The lowest BCUT2D eigenvalue weighted by molar-refractivity contribution is 0.222. The van der Waals surface area contributed by atoms with Crippen molar-refractivity contribution in [3.8, 4) is 10.6 Å². The maximum Gasteiger partial charge on any atom is 0.321 e. The summed E-state index contributed by atoms with van der Waals surface area (Å²) in [7, 11) is 0. The Balaban J connectivity index is 1.61. The van der Waals surface area contributed by atoms with Gasteiger partial charge in [-0.25, -0.2) is 14.2 Å². The van der Waals surface area contributed by atoms with Gasteiger partial charge in [0.1, 0.15) is 10.8 Å². The molecule has 1 saturated heterocycles.